The smallest absolute Gasteiger partial charge is 0.240 e. The molecule has 1 atom stereocenters. The van der Waals surface area contributed by atoms with Gasteiger partial charge in [-0.1, -0.05) is 36.4 Å². The molecule has 1 unspecified atom stereocenters. The quantitative estimate of drug-likeness (QED) is 0.874. The van der Waals surface area contributed by atoms with Gasteiger partial charge < -0.3 is 5.32 Å². The first kappa shape index (κ1) is 15.6. The molecule has 1 saturated heterocycles. The molecular formula is C17H20N4O2. The Hall–Kier alpha value is -2.28. The molecule has 0 bridgehead atoms. The molecule has 2 heterocycles. The van der Waals surface area contributed by atoms with Gasteiger partial charge in [0.15, 0.2) is 0 Å². The van der Waals surface area contributed by atoms with Crippen LogP contribution in [-0.4, -0.2) is 28.5 Å². The summed E-state index contributed by atoms with van der Waals surface area (Å²) in [7, 11) is 0. The largest absolute Gasteiger partial charge is 0.351 e. The van der Waals surface area contributed by atoms with Crippen LogP contribution in [-0.2, 0) is 22.8 Å². The summed E-state index contributed by atoms with van der Waals surface area (Å²) in [5, 5.41) is 4.65. The summed E-state index contributed by atoms with van der Waals surface area (Å²) in [6.45, 7) is 1.67. The molecule has 2 aromatic rings. The molecule has 1 fully saturated rings. The highest BCUT2D eigenvalue weighted by molar-refractivity contribution is 5.81. The predicted octanol–water partition coefficient (Wildman–Crippen LogP) is 1.41. The Balaban J connectivity index is 1.60. The number of carbonyl (C=O) groups excluding carboxylic acids is 1. The number of nitrogens with zero attached hydrogens (tertiary/aromatic N) is 2. The van der Waals surface area contributed by atoms with Gasteiger partial charge in [0.05, 0.1) is 6.54 Å². The summed E-state index contributed by atoms with van der Waals surface area (Å²) < 4.78 is 0. The molecule has 1 amide bonds. The molecule has 0 aliphatic carbocycles. The second-order valence-corrected chi connectivity index (χ2v) is 5.43. The van der Waals surface area contributed by atoms with Crippen molar-refractivity contribution in [3.05, 3.63) is 66.0 Å². The van der Waals surface area contributed by atoms with Crippen molar-refractivity contribution in [2.24, 2.45) is 0 Å². The van der Waals surface area contributed by atoms with E-state index in [1.165, 1.54) is 0 Å². The van der Waals surface area contributed by atoms with Gasteiger partial charge in [-0.25, -0.2) is 4.94 Å². The van der Waals surface area contributed by atoms with Crippen molar-refractivity contribution in [3.8, 4) is 0 Å². The van der Waals surface area contributed by atoms with Crippen molar-refractivity contribution >= 4 is 5.91 Å². The van der Waals surface area contributed by atoms with Crippen molar-refractivity contribution in [3.63, 3.8) is 0 Å². The minimum atomic E-state index is -0.319. The molecule has 1 aliphatic rings. The molecule has 1 aromatic heterocycles. The number of aromatic nitrogens is 1. The molecular weight excluding hydrogens is 292 g/mol. The van der Waals surface area contributed by atoms with Crippen molar-refractivity contribution in [1.82, 2.24) is 20.8 Å². The number of amides is 1. The van der Waals surface area contributed by atoms with Crippen molar-refractivity contribution in [2.75, 3.05) is 6.54 Å². The van der Waals surface area contributed by atoms with Crippen LogP contribution in [0.3, 0.4) is 0 Å². The van der Waals surface area contributed by atoms with Gasteiger partial charge in [0.2, 0.25) is 5.91 Å². The van der Waals surface area contributed by atoms with Gasteiger partial charge in [0.1, 0.15) is 6.04 Å². The Labute approximate surface area is 135 Å². The molecule has 6 heteroatoms. The predicted molar refractivity (Wildman–Crippen MR) is 85.6 cm³/mol. The lowest BCUT2D eigenvalue weighted by Crippen LogP contribution is -2.53. The molecule has 6 nitrogen and oxygen atoms in total. The maximum absolute atomic E-state index is 12.5. The molecule has 1 aromatic carbocycles. The minimum Gasteiger partial charge on any atom is -0.351 e. The molecule has 0 radical (unpaired) electrons. The summed E-state index contributed by atoms with van der Waals surface area (Å²) in [4.78, 5) is 22.1. The fourth-order valence-electron chi connectivity index (χ4n) is 2.51. The summed E-state index contributed by atoms with van der Waals surface area (Å²) >= 11 is 0. The Bertz CT molecular complexity index is 621. The average molecular weight is 312 g/mol. The lowest BCUT2D eigenvalue weighted by Gasteiger charge is -2.33. The summed E-state index contributed by atoms with van der Waals surface area (Å²) in [5.74, 6) is -0.0285. The lowest BCUT2D eigenvalue weighted by molar-refractivity contribution is -0.258. The van der Waals surface area contributed by atoms with Crippen LogP contribution in [0.15, 0.2) is 54.9 Å². The van der Waals surface area contributed by atoms with E-state index >= 15 is 0 Å². The number of hydrogen-bond acceptors (Lipinski definition) is 5. The van der Waals surface area contributed by atoms with E-state index in [1.54, 1.807) is 17.5 Å². The third kappa shape index (κ3) is 4.35. The van der Waals surface area contributed by atoms with Crippen LogP contribution < -0.4 is 10.8 Å². The number of benzene rings is 1. The van der Waals surface area contributed by atoms with Gasteiger partial charge >= 0.3 is 0 Å². The number of rotatable bonds is 5. The molecule has 120 valence electrons. The molecule has 2 N–H and O–H groups in total. The maximum Gasteiger partial charge on any atom is 0.240 e. The second-order valence-electron chi connectivity index (χ2n) is 5.43. The first-order valence-corrected chi connectivity index (χ1v) is 7.70. The third-order valence-electron chi connectivity index (χ3n) is 3.72. The van der Waals surface area contributed by atoms with Gasteiger partial charge in [-0.3, -0.25) is 9.78 Å². The zero-order valence-electron chi connectivity index (χ0n) is 12.8. The van der Waals surface area contributed by atoms with Crippen LogP contribution in [0.2, 0.25) is 0 Å². The van der Waals surface area contributed by atoms with Crippen LogP contribution >= 0.6 is 0 Å². The molecule has 0 spiro atoms. The molecule has 1 aliphatic heterocycles. The van der Waals surface area contributed by atoms with Gasteiger partial charge in [0.25, 0.3) is 0 Å². The van der Waals surface area contributed by atoms with E-state index in [4.69, 9.17) is 4.94 Å². The first-order valence-electron chi connectivity index (χ1n) is 7.70. The lowest BCUT2D eigenvalue weighted by atomic mass is 10.1. The topological polar surface area (TPSA) is 66.5 Å². The number of pyridine rings is 1. The van der Waals surface area contributed by atoms with Gasteiger partial charge in [-0.15, -0.1) is 0 Å². The van der Waals surface area contributed by atoms with Crippen molar-refractivity contribution in [2.45, 2.75) is 25.6 Å². The Morgan fingerprint density at radius 2 is 2.09 bits per heavy atom. The zero-order chi connectivity index (χ0) is 15.9. The molecule has 0 saturated carbocycles. The van der Waals surface area contributed by atoms with E-state index in [-0.39, 0.29) is 11.9 Å². The SMILES string of the molecule is O=C(NCc1ccccc1)C1CCNON1Cc1cccnc1. The van der Waals surface area contributed by atoms with E-state index in [1.807, 2.05) is 42.5 Å². The maximum atomic E-state index is 12.5. The Morgan fingerprint density at radius 3 is 2.87 bits per heavy atom. The number of hydroxylamine groups is 3. The highest BCUT2D eigenvalue weighted by Crippen LogP contribution is 2.14. The van der Waals surface area contributed by atoms with E-state index in [0.29, 0.717) is 26.1 Å². The number of carbonyl (C=O) groups is 1. The highest BCUT2D eigenvalue weighted by atomic mass is 16.8. The Morgan fingerprint density at radius 1 is 1.26 bits per heavy atom. The fraction of sp³-hybridized carbons (Fsp3) is 0.294. The van der Waals surface area contributed by atoms with E-state index in [9.17, 15) is 4.79 Å². The van der Waals surface area contributed by atoms with Gasteiger partial charge in [-0.05, 0) is 23.6 Å². The molecule has 23 heavy (non-hydrogen) atoms. The number of nitrogens with one attached hydrogen (secondary N) is 2. The van der Waals surface area contributed by atoms with E-state index in [0.717, 1.165) is 11.1 Å². The van der Waals surface area contributed by atoms with E-state index in [2.05, 4.69) is 15.8 Å². The van der Waals surface area contributed by atoms with Gasteiger partial charge in [-0.2, -0.15) is 10.5 Å². The van der Waals surface area contributed by atoms with Crippen LogP contribution in [0.4, 0.5) is 0 Å². The van der Waals surface area contributed by atoms with Crippen LogP contribution in [0.1, 0.15) is 17.5 Å². The monoisotopic (exact) mass is 312 g/mol. The average Bonchev–Trinajstić information content (AvgIpc) is 2.62. The highest BCUT2D eigenvalue weighted by Gasteiger charge is 2.30. The Kier molecular flexibility index (Phi) is 5.31. The zero-order valence-corrected chi connectivity index (χ0v) is 12.8. The number of hydrogen-bond donors (Lipinski definition) is 2. The molecule has 3 rings (SSSR count). The summed E-state index contributed by atoms with van der Waals surface area (Å²) in [6.07, 6.45) is 4.20. The van der Waals surface area contributed by atoms with Crippen LogP contribution in [0.5, 0.6) is 0 Å². The van der Waals surface area contributed by atoms with Crippen molar-refractivity contribution < 1.29 is 9.73 Å². The normalized spacial score (nSPS) is 18.5. The van der Waals surface area contributed by atoms with Crippen LogP contribution in [0.25, 0.3) is 0 Å². The standard InChI is InChI=1S/C17H20N4O2/c22-17(19-12-14-5-2-1-3-6-14)16-8-10-20-23-21(16)13-15-7-4-9-18-11-15/h1-7,9,11,16,20H,8,10,12-13H2,(H,19,22). The summed E-state index contributed by atoms with van der Waals surface area (Å²) in [6, 6.07) is 13.4. The fourth-order valence-corrected chi connectivity index (χ4v) is 2.51. The van der Waals surface area contributed by atoms with Crippen LogP contribution in [0, 0.1) is 0 Å². The van der Waals surface area contributed by atoms with E-state index < -0.39 is 0 Å². The first-order chi connectivity index (χ1) is 11.3. The third-order valence-corrected chi connectivity index (χ3v) is 3.72. The second kappa shape index (κ2) is 7.82. The van der Waals surface area contributed by atoms with Crippen molar-refractivity contribution in [1.29, 1.82) is 0 Å². The van der Waals surface area contributed by atoms with Gasteiger partial charge in [0, 0.05) is 25.5 Å². The summed E-state index contributed by atoms with van der Waals surface area (Å²) in [5.41, 5.74) is 4.91. The minimum absolute atomic E-state index is 0.0285.